The number of hydrogen-bond acceptors (Lipinski definition) is 4. The van der Waals surface area contributed by atoms with E-state index in [1.54, 1.807) is 12.3 Å². The Kier molecular flexibility index (Phi) is 4.84. The van der Waals surface area contributed by atoms with Crippen molar-refractivity contribution < 1.29 is 22.7 Å². The summed E-state index contributed by atoms with van der Waals surface area (Å²) in [6, 6.07) is 11.3. The van der Waals surface area contributed by atoms with Crippen LogP contribution in [0.4, 0.5) is 19.0 Å². The molecule has 1 aliphatic heterocycles. The molecule has 1 unspecified atom stereocenters. The second kappa shape index (κ2) is 7.83. The van der Waals surface area contributed by atoms with Gasteiger partial charge in [-0.25, -0.2) is 9.97 Å². The fourth-order valence-electron chi connectivity index (χ4n) is 5.07. The van der Waals surface area contributed by atoms with E-state index >= 15 is 0 Å². The fourth-order valence-corrected chi connectivity index (χ4v) is 5.07. The molecule has 0 saturated carbocycles. The second-order valence-corrected chi connectivity index (χ2v) is 9.10. The van der Waals surface area contributed by atoms with Crippen molar-refractivity contribution in [3.63, 3.8) is 0 Å². The third kappa shape index (κ3) is 3.80. The number of hydrogen-bond donors (Lipinski definition) is 2. The van der Waals surface area contributed by atoms with E-state index in [0.29, 0.717) is 47.0 Å². The minimum atomic E-state index is -4.40. The third-order valence-corrected chi connectivity index (χ3v) is 6.93. The summed E-state index contributed by atoms with van der Waals surface area (Å²) in [7, 11) is 0. The highest BCUT2D eigenvalue weighted by molar-refractivity contribution is 5.93. The first kappa shape index (κ1) is 21.6. The Balaban J connectivity index is 1.27. The van der Waals surface area contributed by atoms with Crippen molar-refractivity contribution in [2.24, 2.45) is 0 Å². The summed E-state index contributed by atoms with van der Waals surface area (Å²) in [4.78, 5) is 23.6. The van der Waals surface area contributed by atoms with Crippen LogP contribution >= 0.6 is 0 Å². The molecule has 4 aromatic rings. The number of amides is 1. The van der Waals surface area contributed by atoms with Crippen molar-refractivity contribution in [2.75, 3.05) is 5.32 Å². The van der Waals surface area contributed by atoms with Crippen LogP contribution in [0.2, 0.25) is 0 Å². The number of imidazole rings is 1. The monoisotopic (exact) mass is 478 g/mol. The number of rotatable bonds is 3. The van der Waals surface area contributed by atoms with Crippen LogP contribution in [-0.4, -0.2) is 20.9 Å². The average molecular weight is 478 g/mol. The van der Waals surface area contributed by atoms with E-state index < -0.39 is 11.7 Å². The van der Waals surface area contributed by atoms with Gasteiger partial charge in [-0.05, 0) is 66.3 Å². The van der Waals surface area contributed by atoms with Gasteiger partial charge in [0.15, 0.2) is 0 Å². The van der Waals surface area contributed by atoms with Crippen LogP contribution in [0, 0.1) is 0 Å². The Hall–Kier alpha value is -3.88. The first-order valence-corrected chi connectivity index (χ1v) is 11.4. The smallest absolute Gasteiger partial charge is 0.416 e. The summed E-state index contributed by atoms with van der Waals surface area (Å²) in [5, 5.41) is 2.78. The molecule has 0 spiro atoms. The number of H-pyrrole nitrogens is 1. The van der Waals surface area contributed by atoms with Crippen molar-refractivity contribution in [3.05, 3.63) is 76.7 Å². The van der Waals surface area contributed by atoms with E-state index in [1.165, 1.54) is 6.07 Å². The summed E-state index contributed by atoms with van der Waals surface area (Å²) < 4.78 is 45.5. The summed E-state index contributed by atoms with van der Waals surface area (Å²) in [5.41, 5.74) is 3.38. The molecular weight excluding hydrogens is 457 g/mol. The van der Waals surface area contributed by atoms with Crippen molar-refractivity contribution in [2.45, 2.75) is 44.2 Å². The molecule has 1 amide bonds. The van der Waals surface area contributed by atoms with Crippen LogP contribution in [0.3, 0.4) is 0 Å². The lowest BCUT2D eigenvalue weighted by molar-refractivity contribution is -0.137. The Bertz CT molecular complexity index is 1480. The van der Waals surface area contributed by atoms with Crippen LogP contribution in [0.25, 0.3) is 11.0 Å². The van der Waals surface area contributed by atoms with Crippen LogP contribution in [-0.2, 0) is 23.8 Å². The molecule has 2 N–H and O–H groups in total. The van der Waals surface area contributed by atoms with E-state index in [2.05, 4.69) is 27.2 Å². The molecule has 35 heavy (non-hydrogen) atoms. The number of pyridine rings is 1. The molecule has 2 aliphatic rings. The molecule has 2 atom stereocenters. The average Bonchev–Trinajstić information content (AvgIpc) is 3.39. The quantitative estimate of drug-likeness (QED) is 0.373. The molecule has 0 radical (unpaired) electrons. The maximum absolute atomic E-state index is 13.1. The summed E-state index contributed by atoms with van der Waals surface area (Å²) in [6.07, 6.45) is -1.10. The van der Waals surface area contributed by atoms with Gasteiger partial charge < -0.3 is 15.0 Å². The molecule has 2 aromatic heterocycles. The molecule has 0 saturated heterocycles. The summed E-state index contributed by atoms with van der Waals surface area (Å²) in [6.45, 7) is 2.10. The van der Waals surface area contributed by atoms with Gasteiger partial charge in [-0.1, -0.05) is 13.0 Å². The number of carbonyl (C=O) groups excluding carboxylic acids is 1. The van der Waals surface area contributed by atoms with Crippen molar-refractivity contribution in [3.8, 4) is 11.5 Å². The number of halogens is 3. The number of alkyl halides is 3. The zero-order valence-corrected chi connectivity index (χ0v) is 18.7. The predicted octanol–water partition coefficient (Wildman–Crippen LogP) is 6.10. The minimum absolute atomic E-state index is 0.0193. The number of aromatic amines is 1. The number of benzene rings is 2. The van der Waals surface area contributed by atoms with Gasteiger partial charge in [-0.15, -0.1) is 0 Å². The lowest BCUT2D eigenvalue weighted by Crippen LogP contribution is -2.20. The van der Waals surface area contributed by atoms with E-state index in [1.807, 2.05) is 18.2 Å². The third-order valence-electron chi connectivity index (χ3n) is 6.93. The zero-order valence-electron chi connectivity index (χ0n) is 18.7. The van der Waals surface area contributed by atoms with Gasteiger partial charge >= 0.3 is 6.18 Å². The van der Waals surface area contributed by atoms with Gasteiger partial charge in [-0.2, -0.15) is 13.2 Å². The first-order chi connectivity index (χ1) is 16.8. The van der Waals surface area contributed by atoms with E-state index in [9.17, 15) is 18.0 Å². The summed E-state index contributed by atoms with van der Waals surface area (Å²) in [5.74, 6) is 2.62. The standard InChI is InChI=1S/C26H21F3N4O2/c1-13-18-12-16(35-22-8-9-30-24-17(22)5-7-23(34)33-24)4-2-14(18)10-19(13)25-31-20-6-3-15(26(27,28)29)11-21(20)32-25/h2-4,6,8-9,11-13,19H,5,7,10H2,1H3,(H,31,32)(H,30,33,34)/t13-,19?/m0/s1. The number of nitrogens with zero attached hydrogens (tertiary/aromatic N) is 2. The highest BCUT2D eigenvalue weighted by Crippen LogP contribution is 2.45. The Morgan fingerprint density at radius 1 is 1.09 bits per heavy atom. The highest BCUT2D eigenvalue weighted by Gasteiger charge is 2.34. The maximum Gasteiger partial charge on any atom is 0.416 e. The predicted molar refractivity (Wildman–Crippen MR) is 124 cm³/mol. The number of aromatic nitrogens is 3. The van der Waals surface area contributed by atoms with Crippen LogP contribution < -0.4 is 10.1 Å². The molecule has 0 bridgehead atoms. The number of anilines is 1. The van der Waals surface area contributed by atoms with Gasteiger partial charge in [0.25, 0.3) is 0 Å². The van der Waals surface area contributed by atoms with Gasteiger partial charge in [0.1, 0.15) is 23.1 Å². The normalized spacial score (nSPS) is 19.4. The topological polar surface area (TPSA) is 79.9 Å². The second-order valence-electron chi connectivity index (χ2n) is 9.10. The Morgan fingerprint density at radius 3 is 2.77 bits per heavy atom. The van der Waals surface area contributed by atoms with Gasteiger partial charge in [0.2, 0.25) is 5.91 Å². The molecular formula is C26H21F3N4O2. The molecule has 178 valence electrons. The zero-order chi connectivity index (χ0) is 24.3. The fraction of sp³-hybridized carbons (Fsp3) is 0.269. The maximum atomic E-state index is 13.1. The van der Waals surface area contributed by atoms with Gasteiger partial charge in [0, 0.05) is 24.1 Å². The minimum Gasteiger partial charge on any atom is -0.457 e. The molecule has 3 heterocycles. The summed E-state index contributed by atoms with van der Waals surface area (Å²) >= 11 is 0. The number of carbonyl (C=O) groups is 1. The SMILES string of the molecule is C[C@H]1c2cc(Oc3ccnc4c3CCC(=O)N4)ccc2CC1c1nc2ccc(C(F)(F)F)cc2[nH]1. The Labute approximate surface area is 198 Å². The number of nitrogens with one attached hydrogen (secondary N) is 2. The number of fused-ring (bicyclic) bond motifs is 3. The van der Waals surface area contributed by atoms with Crippen LogP contribution in [0.5, 0.6) is 11.5 Å². The van der Waals surface area contributed by atoms with Crippen LogP contribution in [0.1, 0.15) is 53.3 Å². The largest absolute Gasteiger partial charge is 0.457 e. The molecule has 1 aliphatic carbocycles. The number of ether oxygens (including phenoxy) is 1. The van der Waals surface area contributed by atoms with E-state index in [-0.39, 0.29) is 17.7 Å². The van der Waals surface area contributed by atoms with Crippen molar-refractivity contribution >= 4 is 22.8 Å². The molecule has 9 heteroatoms. The Morgan fingerprint density at radius 2 is 1.94 bits per heavy atom. The molecule has 6 nitrogen and oxygen atoms in total. The van der Waals surface area contributed by atoms with Crippen molar-refractivity contribution in [1.82, 2.24) is 15.0 Å². The lowest BCUT2D eigenvalue weighted by atomic mass is 9.94. The van der Waals surface area contributed by atoms with E-state index in [4.69, 9.17) is 4.74 Å². The molecule has 0 fully saturated rings. The highest BCUT2D eigenvalue weighted by atomic mass is 19.4. The van der Waals surface area contributed by atoms with Gasteiger partial charge in [-0.3, -0.25) is 4.79 Å². The molecule has 2 aromatic carbocycles. The van der Waals surface area contributed by atoms with Gasteiger partial charge in [0.05, 0.1) is 16.6 Å². The first-order valence-electron chi connectivity index (χ1n) is 11.4. The molecule has 6 rings (SSSR count). The van der Waals surface area contributed by atoms with Crippen LogP contribution in [0.15, 0.2) is 48.7 Å². The lowest BCUT2D eigenvalue weighted by Gasteiger charge is -2.19. The van der Waals surface area contributed by atoms with Crippen molar-refractivity contribution in [1.29, 1.82) is 0 Å². The van der Waals surface area contributed by atoms with E-state index in [0.717, 1.165) is 35.2 Å².